The lowest BCUT2D eigenvalue weighted by Crippen LogP contribution is -2.01. The molecule has 10 nitrogen and oxygen atoms in total. The fourth-order valence-corrected chi connectivity index (χ4v) is 9.51. The van der Waals surface area contributed by atoms with E-state index in [1.807, 2.05) is 121 Å². The molecule has 434 valence electrons. The van der Waals surface area contributed by atoms with E-state index in [1.165, 1.54) is 0 Å². The molecule has 0 amide bonds. The largest absolute Gasteiger partial charge is 0.494 e. The van der Waals surface area contributed by atoms with Gasteiger partial charge in [-0.2, -0.15) is 10.5 Å². The van der Waals surface area contributed by atoms with E-state index in [4.69, 9.17) is 48.4 Å². The molecule has 0 heterocycles. The van der Waals surface area contributed by atoms with Crippen LogP contribution in [0.2, 0.25) is 0 Å². The monoisotopic (exact) mass is 1120 g/mol. The first-order chi connectivity index (χ1) is 41.6. The van der Waals surface area contributed by atoms with Crippen molar-refractivity contribution >= 4 is 0 Å². The normalized spacial score (nSPS) is 10.8. The van der Waals surface area contributed by atoms with Crippen LogP contribution in [0.15, 0.2) is 194 Å². The van der Waals surface area contributed by atoms with Gasteiger partial charge in [-0.3, -0.25) is 0 Å². The molecule has 0 spiro atoms. The molecule has 0 bridgehead atoms. The molecule has 0 aliphatic rings. The van der Waals surface area contributed by atoms with Gasteiger partial charge in [0, 0.05) is 12.1 Å². The first kappa shape index (κ1) is 61.2. The van der Waals surface area contributed by atoms with Gasteiger partial charge in [-0.05, 0) is 233 Å². The first-order valence-corrected chi connectivity index (χ1v) is 30.2. The molecule has 0 saturated carbocycles. The molecule has 0 aromatic heterocycles. The number of hydrogen-bond donors (Lipinski definition) is 0. The molecule has 0 aliphatic heterocycles. The highest BCUT2D eigenvalue weighted by Crippen LogP contribution is 2.28. The smallest absolute Gasteiger partial charge is 0.122 e. The van der Waals surface area contributed by atoms with Crippen LogP contribution in [-0.2, 0) is 0 Å². The van der Waals surface area contributed by atoms with Crippen molar-refractivity contribution in [2.45, 2.75) is 103 Å². The summed E-state index contributed by atoms with van der Waals surface area (Å²) in [6.07, 6.45) is 16.7. The Morgan fingerprint density at radius 3 is 0.571 bits per heavy atom. The third kappa shape index (κ3) is 22.1. The summed E-state index contributed by atoms with van der Waals surface area (Å²) < 4.78 is 48.2. The highest BCUT2D eigenvalue weighted by molar-refractivity contribution is 5.67. The molecule has 8 aromatic carbocycles. The van der Waals surface area contributed by atoms with Gasteiger partial charge in [0.25, 0.3) is 0 Å². The number of unbranched alkanes of at least 4 members (excludes halogenated alkanes) is 12. The van der Waals surface area contributed by atoms with Crippen LogP contribution in [-0.4, -0.2) is 52.9 Å². The second kappa shape index (κ2) is 35.9. The Labute approximate surface area is 498 Å². The van der Waals surface area contributed by atoms with Crippen LogP contribution in [0.5, 0.6) is 46.0 Å². The van der Waals surface area contributed by atoms with E-state index in [0.29, 0.717) is 64.0 Å². The minimum Gasteiger partial charge on any atom is -0.494 e. The maximum absolute atomic E-state index is 9.02. The number of hydrogen-bond acceptors (Lipinski definition) is 10. The Morgan fingerprint density at radius 2 is 0.381 bits per heavy atom. The van der Waals surface area contributed by atoms with E-state index >= 15 is 0 Å². The lowest BCUT2D eigenvalue weighted by molar-refractivity contribution is 0.279. The summed E-state index contributed by atoms with van der Waals surface area (Å²) in [6.45, 7) is 5.48. The van der Waals surface area contributed by atoms with Crippen molar-refractivity contribution in [3.63, 3.8) is 0 Å². The lowest BCUT2D eigenvalue weighted by Gasteiger charge is -2.11. The van der Waals surface area contributed by atoms with Gasteiger partial charge in [0.15, 0.2) is 0 Å². The Morgan fingerprint density at radius 1 is 0.202 bits per heavy atom. The molecule has 0 N–H and O–H groups in total. The number of rotatable bonds is 39. The quantitative estimate of drug-likeness (QED) is 0.0344. The summed E-state index contributed by atoms with van der Waals surface area (Å²) in [5.74, 6) is 6.90. The predicted octanol–water partition coefficient (Wildman–Crippen LogP) is 18.5. The molecule has 0 unspecified atom stereocenters. The molecular formula is C74H80N2O8. The molecule has 0 radical (unpaired) electrons. The van der Waals surface area contributed by atoms with E-state index in [-0.39, 0.29) is 0 Å². The second-order valence-electron chi connectivity index (χ2n) is 20.9. The van der Waals surface area contributed by atoms with Crippen LogP contribution in [0, 0.1) is 22.7 Å². The molecule has 0 atom stereocenters. The van der Waals surface area contributed by atoms with Crippen molar-refractivity contribution in [2.75, 3.05) is 52.9 Å². The van der Waals surface area contributed by atoms with E-state index in [0.717, 1.165) is 182 Å². The van der Waals surface area contributed by atoms with Crippen LogP contribution in [0.1, 0.15) is 114 Å². The lowest BCUT2D eigenvalue weighted by atomic mass is 10.0. The zero-order chi connectivity index (χ0) is 57.9. The van der Waals surface area contributed by atoms with Gasteiger partial charge in [-0.15, -0.1) is 0 Å². The Bertz CT molecular complexity index is 2970. The van der Waals surface area contributed by atoms with Crippen LogP contribution >= 0.6 is 0 Å². The van der Waals surface area contributed by atoms with Gasteiger partial charge in [0.05, 0.1) is 76.1 Å². The predicted molar refractivity (Wildman–Crippen MR) is 336 cm³/mol. The van der Waals surface area contributed by atoms with Crippen molar-refractivity contribution in [2.24, 2.45) is 0 Å². The number of nitriles is 2. The summed E-state index contributed by atoms with van der Waals surface area (Å²) in [6, 6.07) is 68.4. The maximum Gasteiger partial charge on any atom is 0.122 e. The summed E-state index contributed by atoms with van der Waals surface area (Å²) in [7, 11) is 0. The summed E-state index contributed by atoms with van der Waals surface area (Å²) in [5, 5.41) is 18.0. The Hall–Kier alpha value is -8.86. The van der Waals surface area contributed by atoms with Gasteiger partial charge in [-0.25, -0.2) is 0 Å². The standard InChI is InChI=1S/C74H80N2O8/c75-57-59-23-27-61(28-24-59)63-31-39-67(40-32-63)77-47-9-1-5-13-51-81-71-19-17-21-73(55-71)83-53-15-7-3-11-49-79-69-43-35-65(36-44-69)66-37-45-70(46-38-66)80-50-12-4-8-16-54-84-74-22-18-20-72(56-74)82-52-14-6-2-10-48-78-68-41-33-64(34-42-68)62-29-25-60(58-76)26-30-62/h17-46,55-56H,1-16,47-54H2. The summed E-state index contributed by atoms with van der Waals surface area (Å²) >= 11 is 0. The molecule has 84 heavy (non-hydrogen) atoms. The van der Waals surface area contributed by atoms with E-state index in [1.54, 1.807) is 0 Å². The molecule has 10 heteroatoms. The molecule has 0 aliphatic carbocycles. The van der Waals surface area contributed by atoms with Gasteiger partial charge < -0.3 is 37.9 Å². The minimum absolute atomic E-state index is 0.664. The fourth-order valence-electron chi connectivity index (χ4n) is 9.51. The maximum atomic E-state index is 9.02. The molecular weight excluding hydrogens is 1040 g/mol. The zero-order valence-electron chi connectivity index (χ0n) is 48.6. The molecule has 0 saturated heterocycles. The Kier molecular flexibility index (Phi) is 26.1. The van der Waals surface area contributed by atoms with Gasteiger partial charge in [0.1, 0.15) is 46.0 Å². The number of benzene rings is 8. The molecule has 0 fully saturated rings. The third-order valence-corrected chi connectivity index (χ3v) is 14.4. The van der Waals surface area contributed by atoms with Crippen molar-refractivity contribution in [1.82, 2.24) is 0 Å². The second-order valence-corrected chi connectivity index (χ2v) is 20.9. The third-order valence-electron chi connectivity index (χ3n) is 14.4. The van der Waals surface area contributed by atoms with E-state index < -0.39 is 0 Å². The highest BCUT2D eigenvalue weighted by atomic mass is 16.5. The van der Waals surface area contributed by atoms with Gasteiger partial charge in [0.2, 0.25) is 0 Å². The summed E-state index contributed by atoms with van der Waals surface area (Å²) in [5.41, 5.74) is 8.00. The average Bonchev–Trinajstić information content (AvgIpc) is 3.63. The zero-order valence-corrected chi connectivity index (χ0v) is 48.6. The first-order valence-electron chi connectivity index (χ1n) is 30.2. The fraction of sp³-hybridized carbons (Fsp3) is 0.324. The van der Waals surface area contributed by atoms with Crippen molar-refractivity contribution in [3.05, 3.63) is 205 Å². The van der Waals surface area contributed by atoms with Crippen LogP contribution < -0.4 is 37.9 Å². The van der Waals surface area contributed by atoms with Crippen LogP contribution in [0.4, 0.5) is 0 Å². The highest BCUT2D eigenvalue weighted by Gasteiger charge is 2.07. The molecule has 8 rings (SSSR count). The average molecular weight is 1130 g/mol. The van der Waals surface area contributed by atoms with Gasteiger partial charge in [-0.1, -0.05) is 84.9 Å². The van der Waals surface area contributed by atoms with Crippen molar-refractivity contribution in [3.8, 4) is 91.5 Å². The van der Waals surface area contributed by atoms with Crippen molar-refractivity contribution < 1.29 is 37.9 Å². The van der Waals surface area contributed by atoms with Crippen LogP contribution in [0.3, 0.4) is 0 Å². The Balaban J connectivity index is 0.573. The number of nitrogens with zero attached hydrogens (tertiary/aromatic N) is 2. The van der Waals surface area contributed by atoms with Crippen LogP contribution in [0.25, 0.3) is 33.4 Å². The SMILES string of the molecule is N#Cc1ccc(-c2ccc(OCCCCCCOc3cccc(OCCCCCCOc4ccc(-c5ccc(OCCCCCCOc6cccc(OCCCCCCOc7ccc(-c8ccc(C#N)cc8)cc7)c6)cc5)cc4)c3)cc2)cc1. The van der Waals surface area contributed by atoms with Crippen molar-refractivity contribution in [1.29, 1.82) is 10.5 Å². The van der Waals surface area contributed by atoms with Gasteiger partial charge >= 0.3 is 0 Å². The topological polar surface area (TPSA) is 121 Å². The summed E-state index contributed by atoms with van der Waals surface area (Å²) in [4.78, 5) is 0. The minimum atomic E-state index is 0.664. The van der Waals surface area contributed by atoms with E-state index in [2.05, 4.69) is 84.9 Å². The number of ether oxygens (including phenoxy) is 8. The molecule has 8 aromatic rings. The van der Waals surface area contributed by atoms with E-state index in [9.17, 15) is 0 Å².